The van der Waals surface area contributed by atoms with Crippen LogP contribution in [0.2, 0.25) is 0 Å². The maximum absolute atomic E-state index is 2.32. The zero-order valence-electron chi connectivity index (χ0n) is 13.4. The van der Waals surface area contributed by atoms with Crippen LogP contribution in [0.15, 0.2) is 54.7 Å². The average Bonchev–Trinajstić information content (AvgIpc) is 2.85. The molecule has 0 spiro atoms. The summed E-state index contributed by atoms with van der Waals surface area (Å²) < 4.78 is 2.32. The van der Waals surface area contributed by atoms with Crippen molar-refractivity contribution < 1.29 is 0 Å². The van der Waals surface area contributed by atoms with Gasteiger partial charge < -0.3 is 4.57 Å². The predicted molar refractivity (Wildman–Crippen MR) is 91.7 cm³/mol. The highest BCUT2D eigenvalue weighted by Crippen LogP contribution is 2.32. The summed E-state index contributed by atoms with van der Waals surface area (Å²) in [6.45, 7) is 9.96. The minimum Gasteiger partial charge on any atom is -0.347 e. The third kappa shape index (κ3) is 2.49. The summed E-state index contributed by atoms with van der Waals surface area (Å²) in [5.41, 5.74) is 5.52. The highest BCUT2D eigenvalue weighted by molar-refractivity contribution is 5.96. The van der Waals surface area contributed by atoms with E-state index in [0.29, 0.717) is 0 Å². The molecule has 3 rings (SSSR count). The lowest BCUT2D eigenvalue weighted by Crippen LogP contribution is -2.10. The monoisotopic (exact) mass is 277 g/mol. The fourth-order valence-electron chi connectivity index (χ4n) is 2.89. The topological polar surface area (TPSA) is 4.93 Å². The van der Waals surface area contributed by atoms with Crippen molar-refractivity contribution in [2.45, 2.75) is 39.7 Å². The lowest BCUT2D eigenvalue weighted by Gasteiger charge is -2.19. The van der Waals surface area contributed by atoms with Crippen molar-refractivity contribution in [3.8, 4) is 11.1 Å². The van der Waals surface area contributed by atoms with E-state index in [0.717, 1.165) is 6.54 Å². The molecule has 1 heteroatoms. The van der Waals surface area contributed by atoms with E-state index >= 15 is 0 Å². The Morgan fingerprint density at radius 1 is 0.905 bits per heavy atom. The van der Waals surface area contributed by atoms with Crippen molar-refractivity contribution >= 4 is 10.9 Å². The van der Waals surface area contributed by atoms with Crippen molar-refractivity contribution in [2.24, 2.45) is 0 Å². The number of benzene rings is 2. The van der Waals surface area contributed by atoms with Crippen LogP contribution in [0.5, 0.6) is 0 Å². The summed E-state index contributed by atoms with van der Waals surface area (Å²) in [6, 6.07) is 17.7. The summed E-state index contributed by atoms with van der Waals surface area (Å²) in [5, 5.41) is 1.34. The highest BCUT2D eigenvalue weighted by atomic mass is 14.9. The van der Waals surface area contributed by atoms with Gasteiger partial charge in [0.25, 0.3) is 0 Å². The average molecular weight is 277 g/mol. The van der Waals surface area contributed by atoms with E-state index in [1.54, 1.807) is 0 Å². The molecule has 2 aromatic carbocycles. The number of aromatic nitrogens is 1. The van der Waals surface area contributed by atoms with Crippen LogP contribution < -0.4 is 0 Å². The van der Waals surface area contributed by atoms with Crippen molar-refractivity contribution in [1.29, 1.82) is 0 Å². The third-order valence-corrected chi connectivity index (χ3v) is 4.19. The summed E-state index contributed by atoms with van der Waals surface area (Å²) in [7, 11) is 0. The predicted octanol–water partition coefficient (Wildman–Crippen LogP) is 5.63. The molecule has 21 heavy (non-hydrogen) atoms. The Hall–Kier alpha value is -2.02. The number of rotatable bonds is 2. The fourth-order valence-corrected chi connectivity index (χ4v) is 2.89. The standard InChI is InChI=1S/C20H23N/c1-5-21-14-18(17-8-6-7-9-19(17)21)15-10-12-16(13-11-15)20(2,3)4/h6-14H,5H2,1-4H3. The lowest BCUT2D eigenvalue weighted by atomic mass is 9.86. The van der Waals surface area contributed by atoms with Crippen LogP contribution in [0.1, 0.15) is 33.3 Å². The highest BCUT2D eigenvalue weighted by Gasteiger charge is 2.14. The minimum atomic E-state index is 0.204. The number of hydrogen-bond acceptors (Lipinski definition) is 0. The van der Waals surface area contributed by atoms with E-state index in [9.17, 15) is 0 Å². The molecule has 0 atom stereocenters. The summed E-state index contributed by atoms with van der Waals surface area (Å²) in [6.07, 6.45) is 2.27. The van der Waals surface area contributed by atoms with Crippen LogP contribution in [-0.2, 0) is 12.0 Å². The minimum absolute atomic E-state index is 0.204. The van der Waals surface area contributed by atoms with Gasteiger partial charge in [-0.1, -0.05) is 63.2 Å². The molecule has 0 aliphatic carbocycles. The molecule has 0 amide bonds. The van der Waals surface area contributed by atoms with Crippen molar-refractivity contribution in [1.82, 2.24) is 4.57 Å². The molecular formula is C20H23N. The van der Waals surface area contributed by atoms with Gasteiger partial charge in [0.2, 0.25) is 0 Å². The molecule has 0 N–H and O–H groups in total. The molecule has 0 unspecified atom stereocenters. The number of aryl methyl sites for hydroxylation is 1. The largest absolute Gasteiger partial charge is 0.347 e. The molecule has 0 saturated heterocycles. The summed E-state index contributed by atoms with van der Waals surface area (Å²) in [5.74, 6) is 0. The maximum Gasteiger partial charge on any atom is 0.0486 e. The van der Waals surface area contributed by atoms with Crippen LogP contribution in [-0.4, -0.2) is 4.57 Å². The Morgan fingerprint density at radius 3 is 2.19 bits per heavy atom. The molecule has 0 bridgehead atoms. The van der Waals surface area contributed by atoms with Crippen LogP contribution in [0.25, 0.3) is 22.0 Å². The SMILES string of the molecule is CCn1cc(-c2ccc(C(C)(C)C)cc2)c2ccccc21. The Labute approximate surface area is 127 Å². The number of hydrogen-bond donors (Lipinski definition) is 0. The smallest absolute Gasteiger partial charge is 0.0486 e. The molecule has 0 aliphatic heterocycles. The number of fused-ring (bicyclic) bond motifs is 1. The Bertz CT molecular complexity index is 755. The van der Waals surface area contributed by atoms with E-state index < -0.39 is 0 Å². The second-order valence-corrected chi connectivity index (χ2v) is 6.67. The maximum atomic E-state index is 2.32. The molecule has 0 radical (unpaired) electrons. The van der Waals surface area contributed by atoms with Gasteiger partial charge >= 0.3 is 0 Å². The molecule has 0 saturated carbocycles. The van der Waals surface area contributed by atoms with Gasteiger partial charge in [-0.3, -0.25) is 0 Å². The van der Waals surface area contributed by atoms with E-state index in [1.165, 1.54) is 27.6 Å². The quantitative estimate of drug-likeness (QED) is 0.572. The lowest BCUT2D eigenvalue weighted by molar-refractivity contribution is 0.590. The normalized spacial score (nSPS) is 12.0. The summed E-state index contributed by atoms with van der Waals surface area (Å²) in [4.78, 5) is 0. The number of para-hydroxylation sites is 1. The van der Waals surface area contributed by atoms with E-state index in [4.69, 9.17) is 0 Å². The van der Waals surface area contributed by atoms with Crippen molar-refractivity contribution in [2.75, 3.05) is 0 Å². The molecule has 3 aromatic rings. The Morgan fingerprint density at radius 2 is 1.57 bits per heavy atom. The molecule has 108 valence electrons. The molecule has 0 aliphatic rings. The number of nitrogens with zero attached hydrogens (tertiary/aromatic N) is 1. The van der Waals surface area contributed by atoms with Crippen LogP contribution in [0.3, 0.4) is 0 Å². The fraction of sp³-hybridized carbons (Fsp3) is 0.300. The molecule has 1 heterocycles. The van der Waals surface area contributed by atoms with Gasteiger partial charge in [0, 0.05) is 29.2 Å². The second-order valence-electron chi connectivity index (χ2n) is 6.67. The second kappa shape index (κ2) is 5.07. The first-order chi connectivity index (χ1) is 10.0. The Balaban J connectivity index is 2.12. The molecule has 0 fully saturated rings. The van der Waals surface area contributed by atoms with Crippen LogP contribution in [0, 0.1) is 0 Å². The summed E-state index contributed by atoms with van der Waals surface area (Å²) >= 11 is 0. The first-order valence-corrected chi connectivity index (χ1v) is 7.69. The van der Waals surface area contributed by atoms with Gasteiger partial charge in [0.05, 0.1) is 0 Å². The van der Waals surface area contributed by atoms with Crippen molar-refractivity contribution in [3.63, 3.8) is 0 Å². The zero-order chi connectivity index (χ0) is 15.0. The molecule has 1 nitrogen and oxygen atoms in total. The van der Waals surface area contributed by atoms with Crippen molar-refractivity contribution in [3.05, 3.63) is 60.3 Å². The first kappa shape index (κ1) is 13.9. The van der Waals surface area contributed by atoms with Gasteiger partial charge in [-0.2, -0.15) is 0 Å². The van der Waals surface area contributed by atoms with Gasteiger partial charge in [0.1, 0.15) is 0 Å². The van der Waals surface area contributed by atoms with Gasteiger partial charge in [-0.05, 0) is 29.5 Å². The third-order valence-electron chi connectivity index (χ3n) is 4.19. The van der Waals surface area contributed by atoms with E-state index in [1.807, 2.05) is 0 Å². The molecular weight excluding hydrogens is 254 g/mol. The van der Waals surface area contributed by atoms with Crippen LogP contribution >= 0.6 is 0 Å². The zero-order valence-corrected chi connectivity index (χ0v) is 13.4. The van der Waals surface area contributed by atoms with Gasteiger partial charge in [-0.15, -0.1) is 0 Å². The van der Waals surface area contributed by atoms with Gasteiger partial charge in [-0.25, -0.2) is 0 Å². The Kier molecular flexibility index (Phi) is 3.36. The van der Waals surface area contributed by atoms with E-state index in [-0.39, 0.29) is 5.41 Å². The first-order valence-electron chi connectivity index (χ1n) is 7.69. The molecule has 1 aromatic heterocycles. The van der Waals surface area contributed by atoms with Crippen LogP contribution in [0.4, 0.5) is 0 Å². The van der Waals surface area contributed by atoms with Gasteiger partial charge in [0.15, 0.2) is 0 Å². The van der Waals surface area contributed by atoms with E-state index in [2.05, 4.69) is 87.0 Å².